The Labute approximate surface area is 368 Å². The van der Waals surface area contributed by atoms with Crippen molar-refractivity contribution in [2.75, 3.05) is 26.4 Å². The third-order valence-corrected chi connectivity index (χ3v) is 17.8. The van der Waals surface area contributed by atoms with Crippen LogP contribution < -0.4 is 0 Å². The van der Waals surface area contributed by atoms with Gasteiger partial charge in [-0.3, -0.25) is 0 Å². The third-order valence-electron chi connectivity index (χ3n) is 17.8. The second kappa shape index (κ2) is 17.8. The highest BCUT2D eigenvalue weighted by molar-refractivity contribution is 5.26. The molecule has 0 radical (unpaired) electrons. The molecular weight excluding hydrogens is 828 g/mol. The Morgan fingerprint density at radius 1 is 0.698 bits per heavy atom. The predicted octanol–water partition coefficient (Wildman–Crippen LogP) is -0.813. The van der Waals surface area contributed by atoms with E-state index in [-0.39, 0.29) is 41.5 Å². The van der Waals surface area contributed by atoms with Crippen molar-refractivity contribution < 1.29 is 89.0 Å². The van der Waals surface area contributed by atoms with E-state index in [0.29, 0.717) is 36.7 Å². The summed E-state index contributed by atoms with van der Waals surface area (Å²) >= 11 is 0. The van der Waals surface area contributed by atoms with Crippen molar-refractivity contribution in [3.05, 3.63) is 11.6 Å². The van der Waals surface area contributed by atoms with Gasteiger partial charge in [0.25, 0.3) is 0 Å². The molecule has 0 aromatic rings. The lowest BCUT2D eigenvalue weighted by Crippen LogP contribution is -2.64. The molecule has 1 spiro atoms. The maximum absolute atomic E-state index is 11.2. The summed E-state index contributed by atoms with van der Waals surface area (Å²) in [5.74, 6) is 1.44. The molecule has 9 aliphatic rings. The van der Waals surface area contributed by atoms with Gasteiger partial charge in [0.1, 0.15) is 67.1 Å². The van der Waals surface area contributed by atoms with E-state index in [0.717, 1.165) is 51.4 Å². The smallest absolute Gasteiger partial charge is 0.187 e. The summed E-state index contributed by atoms with van der Waals surface area (Å²) in [5.41, 5.74) is 1.45. The average Bonchev–Trinajstić information content (AvgIpc) is 3.72. The normalized spacial score (nSPS) is 56.9. The minimum absolute atomic E-state index is 0.0110. The largest absolute Gasteiger partial charge is 0.394 e. The van der Waals surface area contributed by atoms with E-state index in [9.17, 15) is 51.1 Å². The van der Waals surface area contributed by atoms with Gasteiger partial charge in [-0.25, -0.2) is 0 Å². The summed E-state index contributed by atoms with van der Waals surface area (Å²) in [6.07, 6.45) is -10.00. The van der Waals surface area contributed by atoms with Crippen LogP contribution in [-0.2, 0) is 37.9 Å². The van der Waals surface area contributed by atoms with E-state index in [4.69, 9.17) is 37.9 Å². The van der Waals surface area contributed by atoms with Crippen LogP contribution in [0.3, 0.4) is 0 Å². The molecule has 18 heteroatoms. The van der Waals surface area contributed by atoms with Crippen molar-refractivity contribution >= 4 is 0 Å². The molecule has 5 saturated heterocycles. The molecule has 0 unspecified atom stereocenters. The van der Waals surface area contributed by atoms with Crippen LogP contribution in [-0.4, -0.2) is 188 Å². The van der Waals surface area contributed by atoms with E-state index in [1.807, 2.05) is 0 Å². The Kier molecular flexibility index (Phi) is 13.3. The van der Waals surface area contributed by atoms with Gasteiger partial charge in [-0.1, -0.05) is 32.4 Å². The minimum Gasteiger partial charge on any atom is -0.394 e. The molecule has 0 aromatic heterocycles. The molecule has 3 saturated carbocycles. The zero-order chi connectivity index (χ0) is 44.9. The average molecular weight is 901 g/mol. The van der Waals surface area contributed by atoms with Gasteiger partial charge in [-0.2, -0.15) is 0 Å². The Bertz CT molecular complexity index is 1630. The third kappa shape index (κ3) is 7.90. The molecule has 5 heterocycles. The van der Waals surface area contributed by atoms with E-state index in [2.05, 4.69) is 26.8 Å². The molecule has 9 rings (SSSR count). The highest BCUT2D eigenvalue weighted by atomic mass is 16.7. The van der Waals surface area contributed by atoms with Crippen molar-refractivity contribution in [1.82, 2.24) is 0 Å². The van der Waals surface area contributed by atoms with Crippen LogP contribution >= 0.6 is 0 Å². The zero-order valence-corrected chi connectivity index (χ0v) is 36.8. The Balaban J connectivity index is 0.793. The van der Waals surface area contributed by atoms with Gasteiger partial charge in [-0.05, 0) is 92.8 Å². The molecule has 0 bridgehead atoms. The van der Waals surface area contributed by atoms with Crippen molar-refractivity contribution in [3.63, 3.8) is 0 Å². The highest BCUT2D eigenvalue weighted by Crippen LogP contribution is 2.70. The molecule has 63 heavy (non-hydrogen) atoms. The van der Waals surface area contributed by atoms with Gasteiger partial charge < -0.3 is 89.0 Å². The SMILES string of the molecule is C[C@@H]1O[C@@H](O[C@H]2[C@H](O)[C@@H](O)[C@H](O[C@H]3CC[C@@]4(C)C(=CC[C@H]5[C@H]6C[C@@H]7O[C@]8(CC[C@@H](CO[C@@H]9O[C@H](CO)[C@@H](O)[C@H](O)[C@H]9O)CO8)[C@@H](C)[C@@H]7[C@@]6(C)CC[C@@H]54)C3)O[C@@H]2CO)[C@H](O)[C@H](O)[C@H]1O. The molecule has 0 aromatic carbocycles. The van der Waals surface area contributed by atoms with Gasteiger partial charge >= 0.3 is 0 Å². The molecule has 18 nitrogen and oxygen atoms in total. The second-order valence-electron chi connectivity index (χ2n) is 21.1. The molecule has 4 aliphatic carbocycles. The summed E-state index contributed by atoms with van der Waals surface area (Å²) in [4.78, 5) is 0. The summed E-state index contributed by atoms with van der Waals surface area (Å²) in [7, 11) is 0. The topological polar surface area (TPSA) is 276 Å². The first-order chi connectivity index (χ1) is 29.9. The first-order valence-electron chi connectivity index (χ1n) is 23.5. The fraction of sp³-hybridized carbons (Fsp3) is 0.956. The Hall–Kier alpha value is -0.980. The Morgan fingerprint density at radius 3 is 2.10 bits per heavy atom. The number of fused-ring (bicyclic) bond motifs is 7. The van der Waals surface area contributed by atoms with Crippen LogP contribution in [0.15, 0.2) is 11.6 Å². The highest BCUT2D eigenvalue weighted by Gasteiger charge is 2.69. The van der Waals surface area contributed by atoms with Crippen molar-refractivity contribution in [1.29, 1.82) is 0 Å². The molecule has 8 fully saturated rings. The van der Waals surface area contributed by atoms with Crippen molar-refractivity contribution in [3.8, 4) is 0 Å². The first-order valence-corrected chi connectivity index (χ1v) is 23.5. The number of hydrogen-bond donors (Lipinski definition) is 10. The van der Waals surface area contributed by atoms with Gasteiger partial charge in [-0.15, -0.1) is 0 Å². The summed E-state index contributed by atoms with van der Waals surface area (Å²) < 4.78 is 48.8. The molecule has 10 N–H and O–H groups in total. The molecule has 360 valence electrons. The fourth-order valence-corrected chi connectivity index (χ4v) is 14.1. The Morgan fingerprint density at radius 2 is 1.38 bits per heavy atom. The van der Waals surface area contributed by atoms with Crippen LogP contribution in [0.5, 0.6) is 0 Å². The van der Waals surface area contributed by atoms with Crippen molar-refractivity contribution in [2.24, 2.45) is 46.3 Å². The van der Waals surface area contributed by atoms with Crippen LogP contribution in [0, 0.1) is 46.3 Å². The maximum atomic E-state index is 11.2. The monoisotopic (exact) mass is 900 g/mol. The van der Waals surface area contributed by atoms with Gasteiger partial charge in [0.2, 0.25) is 0 Å². The number of rotatable bonds is 9. The number of hydrogen-bond acceptors (Lipinski definition) is 18. The molecule has 0 amide bonds. The number of aliphatic hydroxyl groups excluding tert-OH is 10. The number of allylic oxidation sites excluding steroid dienone is 1. The number of ether oxygens (including phenoxy) is 8. The van der Waals surface area contributed by atoms with Gasteiger partial charge in [0.15, 0.2) is 24.7 Å². The second-order valence-corrected chi connectivity index (χ2v) is 21.1. The lowest BCUT2D eigenvalue weighted by atomic mass is 9.47. The van der Waals surface area contributed by atoms with Crippen LogP contribution in [0.1, 0.15) is 85.5 Å². The minimum atomic E-state index is -1.64. The quantitative estimate of drug-likeness (QED) is 0.127. The van der Waals surface area contributed by atoms with Gasteiger partial charge in [0.05, 0.1) is 44.7 Å². The van der Waals surface area contributed by atoms with E-state index >= 15 is 0 Å². The maximum Gasteiger partial charge on any atom is 0.187 e. The predicted molar refractivity (Wildman–Crippen MR) is 216 cm³/mol. The van der Waals surface area contributed by atoms with Crippen LogP contribution in [0.25, 0.3) is 0 Å². The lowest BCUT2D eigenvalue weighted by molar-refractivity contribution is -0.360. The molecule has 26 atom stereocenters. The van der Waals surface area contributed by atoms with E-state index in [1.165, 1.54) is 12.5 Å². The molecule has 5 aliphatic heterocycles. The van der Waals surface area contributed by atoms with Crippen molar-refractivity contribution in [2.45, 2.75) is 196 Å². The standard InChI is InChI=1S/C45H72O18/c1-19-30-27(63-45(19)12-7-21(18-57-45)17-56-40-36(53)34(51)32(49)28(15-46)60-40)14-26-24-6-5-22-13-23(8-10-43(22,3)25(24)9-11-44(26,30)4)59-42-38(55)35(52)39(29(16-47)61-42)62-41-37(54)33(50)31(48)20(2)58-41/h5,19-21,23-42,46-55H,6-18H2,1-4H3/t19-,20-,21-,23-,24+,25-,26+,27-,28+,29+,30-,31-,32+,33+,34-,35+,36+,37+,38+,39+,40+,41-,42+,43-,44-,45+/m0/s1. The van der Waals surface area contributed by atoms with Crippen LogP contribution in [0.4, 0.5) is 0 Å². The molecular formula is C45H72O18. The number of aliphatic hydroxyl groups is 10. The van der Waals surface area contributed by atoms with Gasteiger partial charge in [0, 0.05) is 18.3 Å². The van der Waals surface area contributed by atoms with E-state index in [1.54, 1.807) is 0 Å². The summed E-state index contributed by atoms with van der Waals surface area (Å²) in [5, 5.41) is 104. The van der Waals surface area contributed by atoms with Crippen LogP contribution in [0.2, 0.25) is 0 Å². The zero-order valence-electron chi connectivity index (χ0n) is 36.8. The summed E-state index contributed by atoms with van der Waals surface area (Å²) in [6.45, 7) is 8.25. The lowest BCUT2D eigenvalue weighted by Gasteiger charge is -2.58. The summed E-state index contributed by atoms with van der Waals surface area (Å²) in [6, 6.07) is 0. The first kappa shape index (κ1) is 47.1. The van der Waals surface area contributed by atoms with E-state index < -0.39 is 111 Å². The fourth-order valence-electron chi connectivity index (χ4n) is 14.1.